The van der Waals surface area contributed by atoms with E-state index in [-0.39, 0.29) is 0 Å². The fourth-order valence-electron chi connectivity index (χ4n) is 2.77. The van der Waals surface area contributed by atoms with Crippen LogP contribution < -0.4 is 21.3 Å². The van der Waals surface area contributed by atoms with Gasteiger partial charge in [0, 0.05) is 12.1 Å². The first-order valence-electron chi connectivity index (χ1n) is 8.19. The van der Waals surface area contributed by atoms with Crippen LogP contribution >= 0.6 is 0 Å². The maximum Gasteiger partial charge on any atom is 0.00682 e. The Hall–Kier alpha value is -0.160. The van der Waals surface area contributed by atoms with Gasteiger partial charge >= 0.3 is 0 Å². The van der Waals surface area contributed by atoms with Crippen LogP contribution in [0.4, 0.5) is 0 Å². The van der Waals surface area contributed by atoms with Crippen molar-refractivity contribution in [2.75, 3.05) is 39.8 Å². The minimum atomic E-state index is 0.761. The van der Waals surface area contributed by atoms with Gasteiger partial charge in [-0.15, -0.1) is 0 Å². The third-order valence-electron chi connectivity index (χ3n) is 3.98. The topological polar surface area (TPSA) is 48.1 Å². The lowest BCUT2D eigenvalue weighted by Crippen LogP contribution is -2.41. The van der Waals surface area contributed by atoms with E-state index in [9.17, 15) is 0 Å². The zero-order valence-electron chi connectivity index (χ0n) is 12.9. The molecule has 4 heteroatoms. The van der Waals surface area contributed by atoms with E-state index in [2.05, 4.69) is 28.2 Å². The molecule has 1 rings (SSSR count). The molecule has 0 saturated heterocycles. The van der Waals surface area contributed by atoms with Gasteiger partial charge in [0.1, 0.15) is 0 Å². The third-order valence-corrected chi connectivity index (χ3v) is 3.98. The van der Waals surface area contributed by atoms with Gasteiger partial charge in [0.15, 0.2) is 0 Å². The molecule has 1 aliphatic carbocycles. The summed E-state index contributed by atoms with van der Waals surface area (Å²) < 4.78 is 0. The van der Waals surface area contributed by atoms with Crippen LogP contribution in [0.5, 0.6) is 0 Å². The zero-order valence-corrected chi connectivity index (χ0v) is 12.9. The maximum absolute atomic E-state index is 3.70. The second kappa shape index (κ2) is 11.6. The molecule has 0 aromatic rings. The Morgan fingerprint density at radius 2 is 1.32 bits per heavy atom. The van der Waals surface area contributed by atoms with E-state index in [0.717, 1.165) is 44.8 Å². The second-order valence-electron chi connectivity index (χ2n) is 5.62. The first kappa shape index (κ1) is 16.9. The van der Waals surface area contributed by atoms with Gasteiger partial charge < -0.3 is 21.3 Å². The van der Waals surface area contributed by atoms with E-state index in [1.54, 1.807) is 0 Å². The Morgan fingerprint density at radius 3 is 1.79 bits per heavy atom. The molecule has 1 saturated carbocycles. The van der Waals surface area contributed by atoms with Crippen LogP contribution in [0.2, 0.25) is 0 Å². The van der Waals surface area contributed by atoms with Crippen molar-refractivity contribution in [3.8, 4) is 0 Å². The molecule has 0 spiro atoms. The molecule has 4 N–H and O–H groups in total. The first-order valence-corrected chi connectivity index (χ1v) is 8.19. The monoisotopic (exact) mass is 270 g/mol. The highest BCUT2D eigenvalue weighted by atomic mass is 15.0. The van der Waals surface area contributed by atoms with Crippen molar-refractivity contribution < 1.29 is 0 Å². The van der Waals surface area contributed by atoms with Crippen LogP contribution in [0, 0.1) is 0 Å². The van der Waals surface area contributed by atoms with Crippen molar-refractivity contribution in [3.63, 3.8) is 0 Å². The van der Waals surface area contributed by atoms with Gasteiger partial charge in [-0.3, -0.25) is 0 Å². The van der Waals surface area contributed by atoms with Gasteiger partial charge in [-0.1, -0.05) is 6.92 Å². The number of nitrogens with one attached hydrogen (secondary N) is 4. The van der Waals surface area contributed by atoms with Crippen molar-refractivity contribution in [3.05, 3.63) is 0 Å². The largest absolute Gasteiger partial charge is 0.320 e. The molecule has 0 aromatic heterocycles. The van der Waals surface area contributed by atoms with Crippen LogP contribution in [0.3, 0.4) is 0 Å². The van der Waals surface area contributed by atoms with Gasteiger partial charge in [-0.2, -0.15) is 0 Å². The molecule has 0 aromatic carbocycles. The van der Waals surface area contributed by atoms with Gasteiger partial charge in [0.05, 0.1) is 0 Å². The smallest absolute Gasteiger partial charge is 0.00682 e. The molecule has 0 heterocycles. The molecule has 1 aliphatic rings. The van der Waals surface area contributed by atoms with Gasteiger partial charge in [-0.05, 0) is 78.3 Å². The van der Waals surface area contributed by atoms with Crippen molar-refractivity contribution in [1.82, 2.24) is 21.3 Å². The molecule has 0 bridgehead atoms. The summed E-state index contributed by atoms with van der Waals surface area (Å²) in [5, 5.41) is 13.9. The van der Waals surface area contributed by atoms with Crippen molar-refractivity contribution >= 4 is 0 Å². The van der Waals surface area contributed by atoms with Crippen molar-refractivity contribution in [2.45, 2.75) is 57.5 Å². The summed E-state index contributed by atoms with van der Waals surface area (Å²) in [6, 6.07) is 1.52. The summed E-state index contributed by atoms with van der Waals surface area (Å²) in [6.07, 6.45) is 7.83. The average Bonchev–Trinajstić information content (AvgIpc) is 2.45. The Balaban J connectivity index is 1.93. The molecular weight excluding hydrogens is 236 g/mol. The minimum Gasteiger partial charge on any atom is -0.320 e. The van der Waals surface area contributed by atoms with Crippen LogP contribution in [0.15, 0.2) is 0 Å². The molecule has 0 aliphatic heterocycles. The molecule has 4 nitrogen and oxygen atoms in total. The molecule has 114 valence electrons. The Labute approximate surface area is 119 Å². The first-order chi connectivity index (χ1) is 9.36. The summed E-state index contributed by atoms with van der Waals surface area (Å²) in [7, 11) is 2.02. The normalized spacial score (nSPS) is 23.7. The van der Waals surface area contributed by atoms with E-state index in [1.807, 2.05) is 7.05 Å². The highest BCUT2D eigenvalue weighted by molar-refractivity contribution is 4.80. The average molecular weight is 270 g/mol. The third kappa shape index (κ3) is 8.58. The van der Waals surface area contributed by atoms with Gasteiger partial charge in [0.2, 0.25) is 0 Å². The lowest BCUT2D eigenvalue weighted by atomic mass is 9.91. The second-order valence-corrected chi connectivity index (χ2v) is 5.62. The predicted molar refractivity (Wildman–Crippen MR) is 83.8 cm³/mol. The summed E-state index contributed by atoms with van der Waals surface area (Å²) in [5.41, 5.74) is 0. The van der Waals surface area contributed by atoms with Crippen molar-refractivity contribution in [2.24, 2.45) is 0 Å². The summed E-state index contributed by atoms with van der Waals surface area (Å²) in [6.45, 7) is 7.84. The maximum atomic E-state index is 3.70. The van der Waals surface area contributed by atoms with E-state index in [1.165, 1.54) is 38.5 Å². The van der Waals surface area contributed by atoms with Crippen LogP contribution in [-0.2, 0) is 0 Å². The van der Waals surface area contributed by atoms with Crippen LogP contribution in [-0.4, -0.2) is 51.9 Å². The molecule has 19 heavy (non-hydrogen) atoms. The van der Waals surface area contributed by atoms with Crippen LogP contribution in [0.1, 0.15) is 45.4 Å². The molecular formula is C15H34N4. The Kier molecular flexibility index (Phi) is 10.4. The molecule has 1 fully saturated rings. The Bertz CT molecular complexity index is 191. The fraction of sp³-hybridized carbons (Fsp3) is 1.00. The van der Waals surface area contributed by atoms with Gasteiger partial charge in [-0.25, -0.2) is 0 Å². The van der Waals surface area contributed by atoms with E-state index in [4.69, 9.17) is 0 Å². The molecule has 0 radical (unpaired) electrons. The standard InChI is InChI=1S/C15H34N4/c1-3-17-11-5-13-19-15-8-6-14(7-9-15)18-12-4-10-16-2/h14-19H,3-13H2,1-2H3. The fourth-order valence-corrected chi connectivity index (χ4v) is 2.77. The molecule has 0 unspecified atom stereocenters. The number of hydrogen-bond donors (Lipinski definition) is 4. The number of rotatable bonds is 11. The highest BCUT2D eigenvalue weighted by Crippen LogP contribution is 2.18. The lowest BCUT2D eigenvalue weighted by molar-refractivity contribution is 0.306. The van der Waals surface area contributed by atoms with Crippen LogP contribution in [0.25, 0.3) is 0 Å². The van der Waals surface area contributed by atoms with Gasteiger partial charge in [0.25, 0.3) is 0 Å². The minimum absolute atomic E-state index is 0.761. The molecule has 0 atom stereocenters. The van der Waals surface area contributed by atoms with E-state index >= 15 is 0 Å². The summed E-state index contributed by atoms with van der Waals surface area (Å²) >= 11 is 0. The lowest BCUT2D eigenvalue weighted by Gasteiger charge is -2.30. The van der Waals surface area contributed by atoms with Crippen molar-refractivity contribution in [1.29, 1.82) is 0 Å². The SMILES string of the molecule is CCNCCCNC1CCC(NCCCNC)CC1. The van der Waals surface area contributed by atoms with E-state index < -0.39 is 0 Å². The summed E-state index contributed by atoms with van der Waals surface area (Å²) in [4.78, 5) is 0. The number of hydrogen-bond acceptors (Lipinski definition) is 4. The van der Waals surface area contributed by atoms with E-state index in [0.29, 0.717) is 0 Å². The zero-order chi connectivity index (χ0) is 13.8. The predicted octanol–water partition coefficient (Wildman–Crippen LogP) is 1.09. The quantitative estimate of drug-likeness (QED) is 0.425. The Morgan fingerprint density at radius 1 is 0.789 bits per heavy atom. The summed E-state index contributed by atoms with van der Waals surface area (Å²) in [5.74, 6) is 0. The highest BCUT2D eigenvalue weighted by Gasteiger charge is 2.19. The molecule has 0 amide bonds.